The summed E-state index contributed by atoms with van der Waals surface area (Å²) < 4.78 is 14.7. The minimum absolute atomic E-state index is 0.291. The Morgan fingerprint density at radius 3 is 2.84 bits per heavy atom. The predicted molar refractivity (Wildman–Crippen MR) is 94.8 cm³/mol. The number of nitrogens with one attached hydrogen (secondary N) is 1. The standard InChI is InChI=1S/C18H21FN4O2/c19-13-4-1-3-12-16(13)15(22-9-6-20-7-10-22)11-21-17(12)23-8-2-5-14(23)18(24)25/h1,3-4,11,14,20H,2,5-10H2,(H,24,25). The summed E-state index contributed by atoms with van der Waals surface area (Å²) in [5.41, 5.74) is 0.782. The van der Waals surface area contributed by atoms with E-state index in [1.54, 1.807) is 17.2 Å². The number of hydrogen-bond donors (Lipinski definition) is 2. The first-order valence-electron chi connectivity index (χ1n) is 8.69. The summed E-state index contributed by atoms with van der Waals surface area (Å²) in [7, 11) is 0. The Kier molecular flexibility index (Phi) is 4.17. The number of aromatic nitrogens is 1. The fraction of sp³-hybridized carbons (Fsp3) is 0.444. The maximum Gasteiger partial charge on any atom is 0.326 e. The lowest BCUT2D eigenvalue weighted by molar-refractivity contribution is -0.138. The molecule has 2 aliphatic rings. The van der Waals surface area contributed by atoms with Crippen LogP contribution in [0.25, 0.3) is 10.8 Å². The summed E-state index contributed by atoms with van der Waals surface area (Å²) in [5.74, 6) is -0.575. The van der Waals surface area contributed by atoms with Crippen molar-refractivity contribution in [1.29, 1.82) is 0 Å². The lowest BCUT2D eigenvalue weighted by atomic mass is 10.1. The van der Waals surface area contributed by atoms with Gasteiger partial charge in [-0.2, -0.15) is 0 Å². The Hall–Kier alpha value is -2.41. The summed E-state index contributed by atoms with van der Waals surface area (Å²) >= 11 is 0. The van der Waals surface area contributed by atoms with E-state index in [2.05, 4.69) is 15.2 Å². The third-order valence-electron chi connectivity index (χ3n) is 5.09. The summed E-state index contributed by atoms with van der Waals surface area (Å²) in [6, 6.07) is 4.36. The van der Waals surface area contributed by atoms with Gasteiger partial charge in [-0.15, -0.1) is 0 Å². The molecule has 2 saturated heterocycles. The molecule has 0 amide bonds. The van der Waals surface area contributed by atoms with E-state index in [0.717, 1.165) is 38.3 Å². The molecule has 2 N–H and O–H groups in total. The third-order valence-corrected chi connectivity index (χ3v) is 5.09. The molecule has 2 aliphatic heterocycles. The van der Waals surface area contributed by atoms with Crippen molar-refractivity contribution >= 4 is 28.2 Å². The molecule has 3 heterocycles. The van der Waals surface area contributed by atoms with Crippen molar-refractivity contribution in [2.45, 2.75) is 18.9 Å². The molecule has 132 valence electrons. The number of carboxylic acids is 1. The molecule has 2 aromatic rings. The van der Waals surface area contributed by atoms with Crippen LogP contribution in [0.1, 0.15) is 12.8 Å². The van der Waals surface area contributed by atoms with Crippen LogP contribution >= 0.6 is 0 Å². The molecule has 0 bridgehead atoms. The SMILES string of the molecule is O=C(O)C1CCCN1c1ncc(N2CCNCC2)c2c(F)cccc12. The number of nitrogens with zero attached hydrogens (tertiary/aromatic N) is 3. The van der Waals surface area contributed by atoms with Gasteiger partial charge in [-0.3, -0.25) is 0 Å². The Morgan fingerprint density at radius 2 is 2.08 bits per heavy atom. The van der Waals surface area contributed by atoms with Crippen LogP contribution in [-0.2, 0) is 4.79 Å². The molecule has 0 radical (unpaired) electrons. The van der Waals surface area contributed by atoms with Crippen molar-refractivity contribution in [3.05, 3.63) is 30.2 Å². The lowest BCUT2D eigenvalue weighted by Gasteiger charge is -2.31. The molecular formula is C18H21FN4O2. The van der Waals surface area contributed by atoms with Gasteiger partial charge in [0.15, 0.2) is 0 Å². The Balaban J connectivity index is 1.85. The van der Waals surface area contributed by atoms with E-state index in [1.165, 1.54) is 6.07 Å². The van der Waals surface area contributed by atoms with Crippen molar-refractivity contribution in [3.63, 3.8) is 0 Å². The van der Waals surface area contributed by atoms with Crippen molar-refractivity contribution in [2.24, 2.45) is 0 Å². The number of fused-ring (bicyclic) bond motifs is 1. The van der Waals surface area contributed by atoms with Gasteiger partial charge in [0.1, 0.15) is 17.7 Å². The normalized spacial score (nSPS) is 21.1. The van der Waals surface area contributed by atoms with Gasteiger partial charge >= 0.3 is 5.97 Å². The van der Waals surface area contributed by atoms with Gasteiger partial charge in [0.2, 0.25) is 0 Å². The van der Waals surface area contributed by atoms with Crippen LogP contribution < -0.4 is 15.1 Å². The molecule has 1 atom stereocenters. The second-order valence-corrected chi connectivity index (χ2v) is 6.56. The highest BCUT2D eigenvalue weighted by Gasteiger charge is 2.33. The molecule has 6 nitrogen and oxygen atoms in total. The van der Waals surface area contributed by atoms with Crippen molar-refractivity contribution in [1.82, 2.24) is 10.3 Å². The van der Waals surface area contributed by atoms with Gasteiger partial charge in [-0.1, -0.05) is 12.1 Å². The molecule has 1 aromatic carbocycles. The third kappa shape index (κ3) is 2.78. The van der Waals surface area contributed by atoms with E-state index in [9.17, 15) is 14.3 Å². The number of anilines is 2. The van der Waals surface area contributed by atoms with Gasteiger partial charge in [-0.25, -0.2) is 14.2 Å². The molecule has 0 saturated carbocycles. The van der Waals surface area contributed by atoms with Gasteiger partial charge in [-0.05, 0) is 18.9 Å². The molecule has 2 fully saturated rings. The molecule has 1 unspecified atom stereocenters. The number of piperazine rings is 1. The van der Waals surface area contributed by atoms with Crippen LogP contribution in [0.15, 0.2) is 24.4 Å². The largest absolute Gasteiger partial charge is 0.480 e. The zero-order valence-electron chi connectivity index (χ0n) is 13.9. The Labute approximate surface area is 145 Å². The molecule has 1 aromatic heterocycles. The van der Waals surface area contributed by atoms with Gasteiger partial charge in [0.25, 0.3) is 0 Å². The van der Waals surface area contributed by atoms with Gasteiger partial charge in [0, 0.05) is 43.5 Å². The van der Waals surface area contributed by atoms with Crippen LogP contribution in [0.4, 0.5) is 15.9 Å². The molecule has 0 spiro atoms. The topological polar surface area (TPSA) is 68.7 Å². The minimum atomic E-state index is -0.852. The predicted octanol–water partition coefficient (Wildman–Crippen LogP) is 1.84. The highest BCUT2D eigenvalue weighted by atomic mass is 19.1. The fourth-order valence-electron chi connectivity index (χ4n) is 3.88. The Morgan fingerprint density at radius 1 is 1.28 bits per heavy atom. The summed E-state index contributed by atoms with van der Waals surface area (Å²) in [4.78, 5) is 20.0. The average Bonchev–Trinajstić information content (AvgIpc) is 3.12. The number of carbonyl (C=O) groups is 1. The smallest absolute Gasteiger partial charge is 0.326 e. The van der Waals surface area contributed by atoms with E-state index in [-0.39, 0.29) is 5.82 Å². The first kappa shape index (κ1) is 16.1. The zero-order chi connectivity index (χ0) is 17.4. The van der Waals surface area contributed by atoms with E-state index >= 15 is 0 Å². The molecule has 7 heteroatoms. The molecule has 0 aliphatic carbocycles. The number of benzene rings is 1. The first-order valence-corrected chi connectivity index (χ1v) is 8.69. The second-order valence-electron chi connectivity index (χ2n) is 6.56. The molecule has 4 rings (SSSR count). The quantitative estimate of drug-likeness (QED) is 0.886. The zero-order valence-corrected chi connectivity index (χ0v) is 13.9. The van der Waals surface area contributed by atoms with Crippen LogP contribution in [0.5, 0.6) is 0 Å². The monoisotopic (exact) mass is 344 g/mol. The van der Waals surface area contributed by atoms with Crippen molar-refractivity contribution < 1.29 is 14.3 Å². The van der Waals surface area contributed by atoms with Crippen LogP contribution in [-0.4, -0.2) is 54.8 Å². The fourth-order valence-corrected chi connectivity index (χ4v) is 3.88. The number of halogens is 1. The number of carboxylic acid groups (broad SMARTS) is 1. The highest BCUT2D eigenvalue weighted by Crippen LogP contribution is 2.36. The Bertz CT molecular complexity index is 807. The van der Waals surface area contributed by atoms with Crippen molar-refractivity contribution in [3.8, 4) is 0 Å². The number of rotatable bonds is 3. The minimum Gasteiger partial charge on any atom is -0.480 e. The number of pyridine rings is 1. The summed E-state index contributed by atoms with van der Waals surface area (Å²) in [6.45, 7) is 3.93. The van der Waals surface area contributed by atoms with E-state index < -0.39 is 12.0 Å². The van der Waals surface area contributed by atoms with Crippen LogP contribution in [0.3, 0.4) is 0 Å². The van der Waals surface area contributed by atoms with E-state index in [0.29, 0.717) is 29.6 Å². The maximum absolute atomic E-state index is 14.7. The summed E-state index contributed by atoms with van der Waals surface area (Å²) in [6.07, 6.45) is 3.09. The van der Waals surface area contributed by atoms with Crippen LogP contribution in [0, 0.1) is 5.82 Å². The summed E-state index contributed by atoms with van der Waals surface area (Å²) in [5, 5.41) is 14.0. The lowest BCUT2D eigenvalue weighted by Crippen LogP contribution is -2.43. The highest BCUT2D eigenvalue weighted by molar-refractivity contribution is 6.01. The first-order chi connectivity index (χ1) is 12.2. The average molecular weight is 344 g/mol. The van der Waals surface area contributed by atoms with E-state index in [4.69, 9.17) is 0 Å². The maximum atomic E-state index is 14.7. The molecule has 25 heavy (non-hydrogen) atoms. The molecular weight excluding hydrogens is 323 g/mol. The van der Waals surface area contributed by atoms with Gasteiger partial charge in [0.05, 0.1) is 11.9 Å². The van der Waals surface area contributed by atoms with Crippen molar-refractivity contribution in [2.75, 3.05) is 42.5 Å². The second kappa shape index (κ2) is 6.48. The van der Waals surface area contributed by atoms with E-state index in [1.807, 2.05) is 6.07 Å². The van der Waals surface area contributed by atoms with Gasteiger partial charge < -0.3 is 20.2 Å². The number of hydrogen-bond acceptors (Lipinski definition) is 5. The number of aliphatic carboxylic acids is 1. The van der Waals surface area contributed by atoms with Crippen LogP contribution in [0.2, 0.25) is 0 Å².